The van der Waals surface area contributed by atoms with Crippen molar-refractivity contribution in [3.63, 3.8) is 0 Å². The first-order valence-electron chi connectivity index (χ1n) is 8.78. The molecular formula is C19H22N2O3. The minimum Gasteiger partial charge on any atom is -0.451 e. The highest BCUT2D eigenvalue weighted by Gasteiger charge is 2.62. The van der Waals surface area contributed by atoms with Crippen LogP contribution < -0.4 is 5.32 Å². The van der Waals surface area contributed by atoms with Crippen LogP contribution in [0.2, 0.25) is 0 Å². The van der Waals surface area contributed by atoms with E-state index in [0.29, 0.717) is 30.2 Å². The van der Waals surface area contributed by atoms with Crippen LogP contribution in [0.1, 0.15) is 23.4 Å². The van der Waals surface area contributed by atoms with E-state index in [2.05, 4.69) is 17.3 Å². The van der Waals surface area contributed by atoms with Crippen molar-refractivity contribution in [3.05, 3.63) is 36.1 Å². The first kappa shape index (κ1) is 14.5. The molecule has 1 aromatic heterocycles. The molecule has 1 aromatic carbocycles. The molecule has 3 saturated heterocycles. The number of furan rings is 1. The fraction of sp³-hybridized carbons (Fsp3) is 0.526. The first-order chi connectivity index (χ1) is 11.6. The molecule has 0 unspecified atom stereocenters. The fourth-order valence-corrected chi connectivity index (χ4v) is 5.09. The molecule has 5 nitrogen and oxygen atoms in total. The minimum atomic E-state index is -0.130. The topological polar surface area (TPSA) is 54.7 Å². The number of ether oxygens (including phenoxy) is 1. The predicted octanol–water partition coefficient (Wildman–Crippen LogP) is 2.27. The highest BCUT2D eigenvalue weighted by molar-refractivity contribution is 5.96. The van der Waals surface area contributed by atoms with Gasteiger partial charge < -0.3 is 19.4 Å². The van der Waals surface area contributed by atoms with Gasteiger partial charge in [0.25, 0.3) is 5.91 Å². The Hall–Kier alpha value is -1.85. The number of benzene rings is 1. The zero-order valence-electron chi connectivity index (χ0n) is 13.8. The van der Waals surface area contributed by atoms with Gasteiger partial charge in [-0.15, -0.1) is 0 Å². The molecule has 4 atom stereocenters. The van der Waals surface area contributed by atoms with E-state index < -0.39 is 0 Å². The summed E-state index contributed by atoms with van der Waals surface area (Å²) in [5.74, 6) is 1.21. The van der Waals surface area contributed by atoms with E-state index >= 15 is 0 Å². The van der Waals surface area contributed by atoms with E-state index in [0.717, 1.165) is 30.5 Å². The van der Waals surface area contributed by atoms with Crippen molar-refractivity contribution in [1.82, 2.24) is 10.2 Å². The van der Waals surface area contributed by atoms with Gasteiger partial charge in [0.15, 0.2) is 5.76 Å². The molecule has 5 heteroatoms. The van der Waals surface area contributed by atoms with Gasteiger partial charge in [-0.25, -0.2) is 0 Å². The van der Waals surface area contributed by atoms with Gasteiger partial charge in [0.1, 0.15) is 5.58 Å². The third-order valence-electron chi connectivity index (χ3n) is 6.10. The molecule has 0 saturated carbocycles. The molecule has 3 aliphatic rings. The van der Waals surface area contributed by atoms with Crippen LogP contribution in [0.5, 0.6) is 0 Å². The maximum atomic E-state index is 12.5. The lowest BCUT2D eigenvalue weighted by Gasteiger charge is -2.29. The molecule has 1 spiro atoms. The van der Waals surface area contributed by atoms with Crippen molar-refractivity contribution >= 4 is 16.9 Å². The summed E-state index contributed by atoms with van der Waals surface area (Å²) in [5, 5.41) is 4.04. The Morgan fingerprint density at radius 3 is 3.17 bits per heavy atom. The summed E-state index contributed by atoms with van der Waals surface area (Å²) in [6.07, 6.45) is 2.59. The number of hydrogen-bond acceptors (Lipinski definition) is 4. The number of likely N-dealkylation sites (tertiary alicyclic amines) is 1. The number of amides is 1. The highest BCUT2D eigenvalue weighted by Crippen LogP contribution is 2.54. The van der Waals surface area contributed by atoms with Crippen LogP contribution in [0.25, 0.3) is 11.0 Å². The number of hydrogen-bond donors (Lipinski definition) is 1. The molecule has 3 fully saturated rings. The van der Waals surface area contributed by atoms with Crippen molar-refractivity contribution < 1.29 is 13.9 Å². The molecule has 2 bridgehead atoms. The normalized spacial score (nSPS) is 34.8. The smallest absolute Gasteiger partial charge is 0.287 e. The lowest BCUT2D eigenvalue weighted by molar-refractivity contribution is 0.00472. The highest BCUT2D eigenvalue weighted by atomic mass is 16.5. The van der Waals surface area contributed by atoms with Crippen LogP contribution in [-0.4, -0.2) is 49.2 Å². The van der Waals surface area contributed by atoms with Gasteiger partial charge in [0.05, 0.1) is 11.7 Å². The Labute approximate surface area is 140 Å². The zero-order valence-corrected chi connectivity index (χ0v) is 13.8. The molecule has 5 rings (SSSR count). The summed E-state index contributed by atoms with van der Waals surface area (Å²) in [6, 6.07) is 9.51. The standard InChI is InChI=1S/C19H22N2O3/c1-21-10-14-13(16-6-7-19(14,11-21)24-16)9-20-18(22)17-8-12-4-2-3-5-15(12)23-17/h2-5,8,13-14,16H,6-7,9-11H2,1H3,(H,20,22)/t13-,14+,16+,19+/m0/s1. The van der Waals surface area contributed by atoms with Crippen LogP contribution in [-0.2, 0) is 4.74 Å². The predicted molar refractivity (Wildman–Crippen MR) is 89.9 cm³/mol. The third kappa shape index (κ3) is 2.04. The Bertz CT molecular complexity index is 768. The Kier molecular flexibility index (Phi) is 3.06. The van der Waals surface area contributed by atoms with E-state index in [4.69, 9.17) is 9.15 Å². The number of rotatable bonds is 3. The van der Waals surface area contributed by atoms with Gasteiger partial charge in [-0.2, -0.15) is 0 Å². The molecule has 1 N–H and O–H groups in total. The van der Waals surface area contributed by atoms with Gasteiger partial charge >= 0.3 is 0 Å². The van der Waals surface area contributed by atoms with Crippen molar-refractivity contribution in [3.8, 4) is 0 Å². The average Bonchev–Trinajstić information content (AvgIpc) is 3.29. The fourth-order valence-electron chi connectivity index (χ4n) is 5.09. The van der Waals surface area contributed by atoms with Gasteiger partial charge in [0.2, 0.25) is 0 Å². The molecule has 0 radical (unpaired) electrons. The number of carbonyl (C=O) groups is 1. The van der Waals surface area contributed by atoms with Crippen molar-refractivity contribution in [2.75, 3.05) is 26.7 Å². The Morgan fingerprint density at radius 2 is 2.29 bits per heavy atom. The molecule has 2 aromatic rings. The second-order valence-electron chi connectivity index (χ2n) is 7.59. The van der Waals surface area contributed by atoms with Crippen LogP contribution in [0.4, 0.5) is 0 Å². The number of likely N-dealkylation sites (N-methyl/N-ethyl adjacent to an activating group) is 1. The van der Waals surface area contributed by atoms with Crippen molar-refractivity contribution in [1.29, 1.82) is 0 Å². The molecule has 4 heterocycles. The third-order valence-corrected chi connectivity index (χ3v) is 6.10. The van der Waals surface area contributed by atoms with E-state index in [1.54, 1.807) is 0 Å². The van der Waals surface area contributed by atoms with Gasteiger partial charge in [0, 0.05) is 36.9 Å². The summed E-state index contributed by atoms with van der Waals surface area (Å²) < 4.78 is 12.0. The van der Waals surface area contributed by atoms with E-state index in [-0.39, 0.29) is 11.5 Å². The van der Waals surface area contributed by atoms with Crippen LogP contribution >= 0.6 is 0 Å². The summed E-state index contributed by atoms with van der Waals surface area (Å²) in [5.41, 5.74) is 0.802. The van der Waals surface area contributed by atoms with E-state index in [1.807, 2.05) is 30.3 Å². The zero-order chi connectivity index (χ0) is 16.3. The molecular weight excluding hydrogens is 304 g/mol. The molecule has 24 heavy (non-hydrogen) atoms. The second kappa shape index (κ2) is 5.07. The minimum absolute atomic E-state index is 0.0498. The average molecular weight is 326 g/mol. The van der Waals surface area contributed by atoms with Crippen LogP contribution in [0, 0.1) is 11.8 Å². The monoisotopic (exact) mass is 326 g/mol. The second-order valence-corrected chi connectivity index (χ2v) is 7.59. The number of carbonyl (C=O) groups excluding carboxylic acids is 1. The quantitative estimate of drug-likeness (QED) is 0.940. The largest absolute Gasteiger partial charge is 0.451 e. The number of nitrogens with zero attached hydrogens (tertiary/aromatic N) is 1. The summed E-state index contributed by atoms with van der Waals surface area (Å²) in [6.45, 7) is 2.77. The summed E-state index contributed by atoms with van der Waals surface area (Å²) in [7, 11) is 2.16. The van der Waals surface area contributed by atoms with E-state index in [9.17, 15) is 4.79 Å². The van der Waals surface area contributed by atoms with Gasteiger partial charge in [-0.3, -0.25) is 4.79 Å². The number of para-hydroxylation sites is 1. The Morgan fingerprint density at radius 1 is 1.42 bits per heavy atom. The lowest BCUT2D eigenvalue weighted by atomic mass is 9.73. The maximum absolute atomic E-state index is 12.5. The molecule has 126 valence electrons. The summed E-state index contributed by atoms with van der Waals surface area (Å²) >= 11 is 0. The van der Waals surface area contributed by atoms with Crippen LogP contribution in [0.3, 0.4) is 0 Å². The van der Waals surface area contributed by atoms with Gasteiger partial charge in [-0.05, 0) is 32.0 Å². The number of nitrogens with one attached hydrogen (secondary N) is 1. The maximum Gasteiger partial charge on any atom is 0.287 e. The van der Waals surface area contributed by atoms with Gasteiger partial charge in [-0.1, -0.05) is 18.2 Å². The van der Waals surface area contributed by atoms with Crippen LogP contribution in [0.15, 0.2) is 34.7 Å². The molecule has 0 aliphatic carbocycles. The molecule has 1 amide bonds. The summed E-state index contributed by atoms with van der Waals surface area (Å²) in [4.78, 5) is 14.8. The SMILES string of the molecule is CN1C[C@@H]2[C@H](CNC(=O)c3cc4ccccc4o3)[C@H]3CC[C@]2(C1)O3. The van der Waals surface area contributed by atoms with E-state index in [1.165, 1.54) is 6.42 Å². The van der Waals surface area contributed by atoms with Crippen molar-refractivity contribution in [2.24, 2.45) is 11.8 Å². The van der Waals surface area contributed by atoms with Crippen molar-refractivity contribution in [2.45, 2.75) is 24.5 Å². The molecule has 3 aliphatic heterocycles. The first-order valence-corrected chi connectivity index (χ1v) is 8.78. The lowest BCUT2D eigenvalue weighted by Crippen LogP contribution is -2.41. The number of fused-ring (bicyclic) bond motifs is 2. The Balaban J connectivity index is 1.30.